The van der Waals surface area contributed by atoms with Crippen LogP contribution in [0.25, 0.3) is 0 Å². The van der Waals surface area contributed by atoms with Gasteiger partial charge in [0.25, 0.3) is 0 Å². The third-order valence-corrected chi connectivity index (χ3v) is 3.58. The molecule has 1 aromatic carbocycles. The van der Waals surface area contributed by atoms with Crippen LogP contribution in [0.3, 0.4) is 0 Å². The van der Waals surface area contributed by atoms with E-state index in [-0.39, 0.29) is 6.61 Å². The molecule has 18 heavy (non-hydrogen) atoms. The first-order valence-corrected chi connectivity index (χ1v) is 6.31. The van der Waals surface area contributed by atoms with Crippen molar-refractivity contribution < 1.29 is 5.11 Å². The van der Waals surface area contributed by atoms with Crippen molar-refractivity contribution in [2.24, 2.45) is 0 Å². The summed E-state index contributed by atoms with van der Waals surface area (Å²) in [5.41, 5.74) is 1.83. The fourth-order valence-corrected chi connectivity index (χ4v) is 2.45. The molecule has 0 aliphatic carbocycles. The van der Waals surface area contributed by atoms with E-state index in [2.05, 4.69) is 29.0 Å². The van der Waals surface area contributed by atoms with Gasteiger partial charge in [0.15, 0.2) is 0 Å². The molecule has 1 atom stereocenters. The van der Waals surface area contributed by atoms with Crippen molar-refractivity contribution in [3.8, 4) is 6.07 Å². The molecule has 0 amide bonds. The van der Waals surface area contributed by atoms with Gasteiger partial charge in [0, 0.05) is 31.4 Å². The second kappa shape index (κ2) is 5.85. The molecule has 1 aliphatic heterocycles. The maximum absolute atomic E-state index is 8.96. The summed E-state index contributed by atoms with van der Waals surface area (Å²) in [5, 5.41) is 17.9. The molecule has 4 heteroatoms. The number of aliphatic hydroxyl groups is 1. The standard InChI is InChI=1S/C14H19N3O/c1-16(7-8-18)14-5-6-17(11-14)13-4-2-3-12(9-13)10-15/h2-4,9,14,18H,5-8,11H2,1H3. The van der Waals surface area contributed by atoms with Gasteiger partial charge < -0.3 is 10.0 Å². The van der Waals surface area contributed by atoms with E-state index in [9.17, 15) is 0 Å². The molecular weight excluding hydrogens is 226 g/mol. The lowest BCUT2D eigenvalue weighted by Crippen LogP contribution is -2.36. The van der Waals surface area contributed by atoms with Gasteiger partial charge in [-0.2, -0.15) is 5.26 Å². The van der Waals surface area contributed by atoms with Gasteiger partial charge in [-0.3, -0.25) is 4.90 Å². The number of likely N-dealkylation sites (N-methyl/N-ethyl adjacent to an activating group) is 1. The van der Waals surface area contributed by atoms with Crippen molar-refractivity contribution in [3.05, 3.63) is 29.8 Å². The van der Waals surface area contributed by atoms with Crippen LogP contribution in [-0.4, -0.2) is 49.3 Å². The average Bonchev–Trinajstić information content (AvgIpc) is 2.89. The molecular formula is C14H19N3O. The van der Waals surface area contributed by atoms with Gasteiger partial charge in [-0.05, 0) is 31.7 Å². The summed E-state index contributed by atoms with van der Waals surface area (Å²) in [6.45, 7) is 2.90. The zero-order valence-corrected chi connectivity index (χ0v) is 10.7. The van der Waals surface area contributed by atoms with Crippen molar-refractivity contribution in [2.45, 2.75) is 12.5 Å². The van der Waals surface area contributed by atoms with E-state index < -0.39 is 0 Å². The highest BCUT2D eigenvalue weighted by Gasteiger charge is 2.25. The van der Waals surface area contributed by atoms with Crippen LogP contribution >= 0.6 is 0 Å². The molecule has 1 N–H and O–H groups in total. The second-order valence-electron chi connectivity index (χ2n) is 4.75. The predicted octanol–water partition coefficient (Wildman–Crippen LogP) is 1.06. The Bertz CT molecular complexity index is 441. The highest BCUT2D eigenvalue weighted by Crippen LogP contribution is 2.23. The molecule has 2 rings (SSSR count). The average molecular weight is 245 g/mol. The van der Waals surface area contributed by atoms with Crippen LogP contribution in [0.4, 0.5) is 5.69 Å². The first-order valence-electron chi connectivity index (χ1n) is 6.31. The van der Waals surface area contributed by atoms with Gasteiger partial charge in [0.2, 0.25) is 0 Å². The van der Waals surface area contributed by atoms with Gasteiger partial charge in [0.05, 0.1) is 18.2 Å². The van der Waals surface area contributed by atoms with Crippen molar-refractivity contribution in [2.75, 3.05) is 38.2 Å². The summed E-state index contributed by atoms with van der Waals surface area (Å²) in [7, 11) is 2.05. The van der Waals surface area contributed by atoms with E-state index in [0.29, 0.717) is 11.6 Å². The molecule has 1 heterocycles. The van der Waals surface area contributed by atoms with Gasteiger partial charge in [0.1, 0.15) is 0 Å². The third kappa shape index (κ3) is 2.81. The van der Waals surface area contributed by atoms with E-state index in [1.807, 2.05) is 18.2 Å². The number of benzene rings is 1. The molecule has 0 spiro atoms. The maximum Gasteiger partial charge on any atom is 0.0992 e. The number of rotatable bonds is 4. The smallest absolute Gasteiger partial charge is 0.0992 e. The van der Waals surface area contributed by atoms with Crippen molar-refractivity contribution in [1.29, 1.82) is 5.26 Å². The minimum Gasteiger partial charge on any atom is -0.395 e. The van der Waals surface area contributed by atoms with Crippen LogP contribution in [0.5, 0.6) is 0 Å². The molecule has 1 saturated heterocycles. The number of hydrogen-bond donors (Lipinski definition) is 1. The quantitative estimate of drug-likeness (QED) is 0.862. The molecule has 96 valence electrons. The van der Waals surface area contributed by atoms with Crippen LogP contribution in [-0.2, 0) is 0 Å². The molecule has 1 aliphatic rings. The lowest BCUT2D eigenvalue weighted by molar-refractivity contribution is 0.188. The molecule has 4 nitrogen and oxygen atoms in total. The minimum atomic E-state index is 0.205. The first kappa shape index (κ1) is 12.9. The molecule has 1 unspecified atom stereocenters. The van der Waals surface area contributed by atoms with Crippen molar-refractivity contribution in [3.63, 3.8) is 0 Å². The Labute approximate surface area is 108 Å². The van der Waals surface area contributed by atoms with Gasteiger partial charge >= 0.3 is 0 Å². The Balaban J connectivity index is 2.02. The Kier molecular flexibility index (Phi) is 4.19. The fourth-order valence-electron chi connectivity index (χ4n) is 2.45. The third-order valence-electron chi connectivity index (χ3n) is 3.58. The summed E-state index contributed by atoms with van der Waals surface area (Å²) < 4.78 is 0. The SMILES string of the molecule is CN(CCO)C1CCN(c2cccc(C#N)c2)C1. The highest BCUT2D eigenvalue weighted by molar-refractivity contribution is 5.52. The fraction of sp³-hybridized carbons (Fsp3) is 0.500. The van der Waals surface area contributed by atoms with Crippen LogP contribution in [0.15, 0.2) is 24.3 Å². The highest BCUT2D eigenvalue weighted by atomic mass is 16.3. The van der Waals surface area contributed by atoms with Crippen LogP contribution in [0.1, 0.15) is 12.0 Å². The van der Waals surface area contributed by atoms with E-state index >= 15 is 0 Å². The van der Waals surface area contributed by atoms with Crippen molar-refractivity contribution >= 4 is 5.69 Å². The van der Waals surface area contributed by atoms with E-state index in [0.717, 1.165) is 31.7 Å². The minimum absolute atomic E-state index is 0.205. The number of nitrogens with zero attached hydrogens (tertiary/aromatic N) is 3. The Morgan fingerprint density at radius 2 is 2.39 bits per heavy atom. The summed E-state index contributed by atoms with van der Waals surface area (Å²) in [4.78, 5) is 4.51. The van der Waals surface area contributed by atoms with Crippen LogP contribution in [0, 0.1) is 11.3 Å². The molecule has 0 radical (unpaired) electrons. The van der Waals surface area contributed by atoms with E-state index in [1.54, 1.807) is 0 Å². The molecule has 0 aromatic heterocycles. The van der Waals surface area contributed by atoms with Gasteiger partial charge in [-0.25, -0.2) is 0 Å². The number of aliphatic hydroxyl groups excluding tert-OH is 1. The Hall–Kier alpha value is -1.57. The second-order valence-corrected chi connectivity index (χ2v) is 4.75. The Morgan fingerprint density at radius 3 is 3.11 bits per heavy atom. The maximum atomic E-state index is 8.96. The topological polar surface area (TPSA) is 50.5 Å². The predicted molar refractivity (Wildman–Crippen MR) is 71.5 cm³/mol. The molecule has 1 fully saturated rings. The normalized spacial score (nSPS) is 19.2. The van der Waals surface area contributed by atoms with Gasteiger partial charge in [-0.15, -0.1) is 0 Å². The number of hydrogen-bond acceptors (Lipinski definition) is 4. The summed E-state index contributed by atoms with van der Waals surface area (Å²) in [6.07, 6.45) is 1.10. The van der Waals surface area contributed by atoms with Crippen molar-refractivity contribution in [1.82, 2.24) is 4.90 Å². The van der Waals surface area contributed by atoms with Crippen LogP contribution in [0.2, 0.25) is 0 Å². The Morgan fingerprint density at radius 1 is 1.56 bits per heavy atom. The molecule has 0 bridgehead atoms. The zero-order chi connectivity index (χ0) is 13.0. The zero-order valence-electron chi connectivity index (χ0n) is 10.7. The summed E-state index contributed by atoms with van der Waals surface area (Å²) >= 11 is 0. The largest absolute Gasteiger partial charge is 0.395 e. The lowest BCUT2D eigenvalue weighted by Gasteiger charge is -2.24. The number of anilines is 1. The number of nitriles is 1. The first-order chi connectivity index (χ1) is 8.74. The molecule has 1 aromatic rings. The summed E-state index contributed by atoms with van der Waals surface area (Å²) in [6, 6.07) is 10.4. The molecule has 0 saturated carbocycles. The van der Waals surface area contributed by atoms with Gasteiger partial charge in [-0.1, -0.05) is 6.07 Å². The van der Waals surface area contributed by atoms with E-state index in [4.69, 9.17) is 10.4 Å². The monoisotopic (exact) mass is 245 g/mol. The lowest BCUT2D eigenvalue weighted by atomic mass is 10.2. The van der Waals surface area contributed by atoms with E-state index in [1.165, 1.54) is 0 Å². The van der Waals surface area contributed by atoms with Crippen LogP contribution < -0.4 is 4.90 Å². The summed E-state index contributed by atoms with van der Waals surface area (Å²) in [5.74, 6) is 0.